The minimum atomic E-state index is -1.42. The summed E-state index contributed by atoms with van der Waals surface area (Å²) in [5, 5.41) is 11.9. The number of benzene rings is 1. The minimum absolute atomic E-state index is 0.179. The molecule has 21 heavy (non-hydrogen) atoms. The maximum Gasteiger partial charge on any atom is 0.408 e. The van der Waals surface area contributed by atoms with Crippen LogP contribution in [0.3, 0.4) is 0 Å². The Hall–Kier alpha value is -1.31. The number of ether oxygens (including phenoxy) is 1. The second-order valence-corrected chi connectivity index (χ2v) is 7.31. The molecule has 2 N–H and O–H groups in total. The Kier molecular flexibility index (Phi) is 5.61. The van der Waals surface area contributed by atoms with E-state index in [1.165, 1.54) is 6.92 Å². The van der Waals surface area contributed by atoms with Crippen LogP contribution in [0.2, 0.25) is 0 Å². The van der Waals surface area contributed by atoms with Crippen LogP contribution in [0.5, 0.6) is 0 Å². The van der Waals surface area contributed by atoms with E-state index in [0.717, 1.165) is 9.13 Å². The normalized spacial score (nSPS) is 14.1. The highest BCUT2D eigenvalue weighted by atomic mass is 127. The molecular weight excluding hydrogens is 385 g/mol. The number of halogens is 1. The largest absolute Gasteiger partial charge is 0.480 e. The zero-order valence-electron chi connectivity index (χ0n) is 12.6. The quantitative estimate of drug-likeness (QED) is 0.755. The molecule has 1 unspecified atom stereocenters. The van der Waals surface area contributed by atoms with Crippen LogP contribution in [0.1, 0.15) is 33.3 Å². The number of carbonyl (C=O) groups excluding carboxylic acids is 1. The third-order valence-corrected chi connectivity index (χ3v) is 3.44. The smallest absolute Gasteiger partial charge is 0.408 e. The highest BCUT2D eigenvalue weighted by Crippen LogP contribution is 2.17. The molecule has 0 aliphatic rings. The molecule has 0 spiro atoms. The zero-order chi connectivity index (χ0) is 16.3. The number of aliphatic carboxylic acids is 1. The standard InChI is InChI=1S/C15H20INO4/c1-14(2,3)21-13(20)17-15(4,12(18)19)9-10-5-7-11(16)8-6-10/h5-8H,9H2,1-4H3,(H,17,20)(H,18,19). The molecule has 0 fully saturated rings. The van der Waals surface area contributed by atoms with Crippen molar-refractivity contribution in [1.29, 1.82) is 0 Å². The molecule has 1 atom stereocenters. The number of carbonyl (C=O) groups is 2. The maximum absolute atomic E-state index is 11.8. The molecule has 0 radical (unpaired) electrons. The fourth-order valence-corrected chi connectivity index (χ4v) is 2.07. The van der Waals surface area contributed by atoms with Crippen LogP contribution in [0.4, 0.5) is 4.79 Å². The molecular formula is C15H20INO4. The Morgan fingerprint density at radius 2 is 1.71 bits per heavy atom. The van der Waals surface area contributed by atoms with Crippen LogP contribution < -0.4 is 5.32 Å². The van der Waals surface area contributed by atoms with E-state index >= 15 is 0 Å². The van der Waals surface area contributed by atoms with Gasteiger partial charge in [-0.3, -0.25) is 0 Å². The summed E-state index contributed by atoms with van der Waals surface area (Å²) in [6.45, 7) is 6.65. The highest BCUT2D eigenvalue weighted by molar-refractivity contribution is 14.1. The maximum atomic E-state index is 11.8. The van der Waals surface area contributed by atoms with Gasteiger partial charge in [0.05, 0.1) is 0 Å². The van der Waals surface area contributed by atoms with Gasteiger partial charge in [-0.05, 0) is 68.0 Å². The van der Waals surface area contributed by atoms with Gasteiger partial charge in [-0.2, -0.15) is 0 Å². The van der Waals surface area contributed by atoms with E-state index in [2.05, 4.69) is 27.9 Å². The molecule has 1 rings (SSSR count). The number of amides is 1. The summed E-state index contributed by atoms with van der Waals surface area (Å²) in [7, 11) is 0. The predicted molar refractivity (Wildman–Crippen MR) is 88.3 cm³/mol. The highest BCUT2D eigenvalue weighted by Gasteiger charge is 2.36. The Bertz CT molecular complexity index is 521. The van der Waals surface area contributed by atoms with E-state index in [1.54, 1.807) is 20.8 Å². The Morgan fingerprint density at radius 1 is 1.19 bits per heavy atom. The van der Waals surface area contributed by atoms with Crippen molar-refractivity contribution in [3.8, 4) is 0 Å². The van der Waals surface area contributed by atoms with Gasteiger partial charge in [-0.15, -0.1) is 0 Å². The Morgan fingerprint density at radius 3 is 2.14 bits per heavy atom. The van der Waals surface area contributed by atoms with Gasteiger partial charge >= 0.3 is 12.1 Å². The second kappa shape index (κ2) is 6.64. The van der Waals surface area contributed by atoms with E-state index in [1.807, 2.05) is 24.3 Å². The molecule has 0 heterocycles. The lowest BCUT2D eigenvalue weighted by Gasteiger charge is -2.28. The van der Waals surface area contributed by atoms with Crippen LogP contribution in [0.15, 0.2) is 24.3 Å². The number of alkyl carbamates (subject to hydrolysis) is 1. The molecule has 6 heteroatoms. The number of hydrogen-bond donors (Lipinski definition) is 2. The van der Waals surface area contributed by atoms with Crippen LogP contribution in [0.25, 0.3) is 0 Å². The summed E-state index contributed by atoms with van der Waals surface area (Å²) in [6.07, 6.45) is -0.559. The lowest BCUT2D eigenvalue weighted by Crippen LogP contribution is -2.54. The molecule has 0 aliphatic carbocycles. The minimum Gasteiger partial charge on any atom is -0.480 e. The molecule has 1 aromatic rings. The first kappa shape index (κ1) is 17.7. The van der Waals surface area contributed by atoms with Gasteiger partial charge in [0.15, 0.2) is 0 Å². The van der Waals surface area contributed by atoms with Gasteiger partial charge < -0.3 is 15.2 Å². The van der Waals surface area contributed by atoms with E-state index in [-0.39, 0.29) is 6.42 Å². The molecule has 116 valence electrons. The van der Waals surface area contributed by atoms with Gasteiger partial charge in [0.25, 0.3) is 0 Å². The number of carboxylic acid groups (broad SMARTS) is 1. The van der Waals surface area contributed by atoms with Gasteiger partial charge in [-0.25, -0.2) is 9.59 Å². The van der Waals surface area contributed by atoms with Gasteiger partial charge in [0, 0.05) is 9.99 Å². The molecule has 1 aromatic carbocycles. The van der Waals surface area contributed by atoms with Crippen molar-refractivity contribution >= 4 is 34.7 Å². The average Bonchev–Trinajstić information content (AvgIpc) is 2.29. The van der Waals surface area contributed by atoms with E-state index in [9.17, 15) is 14.7 Å². The number of nitrogens with one attached hydrogen (secondary N) is 1. The van der Waals surface area contributed by atoms with Crippen LogP contribution in [-0.2, 0) is 16.0 Å². The van der Waals surface area contributed by atoms with Crippen molar-refractivity contribution in [3.05, 3.63) is 33.4 Å². The van der Waals surface area contributed by atoms with Crippen molar-refractivity contribution in [2.75, 3.05) is 0 Å². The molecule has 0 aromatic heterocycles. The predicted octanol–water partition coefficient (Wildman–Crippen LogP) is 3.20. The lowest BCUT2D eigenvalue weighted by atomic mass is 9.93. The third-order valence-electron chi connectivity index (χ3n) is 2.72. The molecule has 0 saturated heterocycles. The summed E-state index contributed by atoms with van der Waals surface area (Å²) in [4.78, 5) is 23.3. The Balaban J connectivity index is 2.86. The first-order chi connectivity index (χ1) is 9.52. The molecule has 1 amide bonds. The first-order valence-electron chi connectivity index (χ1n) is 6.51. The van der Waals surface area contributed by atoms with Gasteiger partial charge in [-0.1, -0.05) is 12.1 Å². The molecule has 0 aliphatic heterocycles. The van der Waals surface area contributed by atoms with Crippen molar-refractivity contribution in [2.45, 2.75) is 45.3 Å². The van der Waals surface area contributed by atoms with Crippen LogP contribution >= 0.6 is 22.6 Å². The number of hydrogen-bond acceptors (Lipinski definition) is 3. The summed E-state index contributed by atoms with van der Waals surface area (Å²) in [5.41, 5.74) is -1.27. The van der Waals surface area contributed by atoms with E-state index < -0.39 is 23.2 Å². The van der Waals surface area contributed by atoms with Crippen LogP contribution in [-0.4, -0.2) is 28.3 Å². The molecule has 0 saturated carbocycles. The monoisotopic (exact) mass is 405 g/mol. The Labute approximate surface area is 138 Å². The zero-order valence-corrected chi connectivity index (χ0v) is 14.7. The lowest BCUT2D eigenvalue weighted by molar-refractivity contribution is -0.144. The fraction of sp³-hybridized carbons (Fsp3) is 0.467. The van der Waals surface area contributed by atoms with Gasteiger partial charge in [0.1, 0.15) is 11.1 Å². The second-order valence-electron chi connectivity index (χ2n) is 6.07. The molecule has 0 bridgehead atoms. The third kappa shape index (κ3) is 5.91. The van der Waals surface area contributed by atoms with Gasteiger partial charge in [0.2, 0.25) is 0 Å². The first-order valence-corrected chi connectivity index (χ1v) is 7.59. The summed E-state index contributed by atoms with van der Waals surface area (Å²) < 4.78 is 6.19. The van der Waals surface area contributed by atoms with Crippen LogP contribution in [0, 0.1) is 3.57 Å². The summed E-state index contributed by atoms with van der Waals surface area (Å²) in [6, 6.07) is 7.48. The number of rotatable bonds is 4. The summed E-state index contributed by atoms with van der Waals surface area (Å²) in [5.74, 6) is -1.10. The average molecular weight is 405 g/mol. The van der Waals surface area contributed by atoms with Crippen molar-refractivity contribution < 1.29 is 19.4 Å². The van der Waals surface area contributed by atoms with E-state index in [0.29, 0.717) is 0 Å². The van der Waals surface area contributed by atoms with Crippen molar-refractivity contribution in [1.82, 2.24) is 5.32 Å². The molecule has 5 nitrogen and oxygen atoms in total. The topological polar surface area (TPSA) is 75.6 Å². The number of carboxylic acids is 1. The SMILES string of the molecule is CC(C)(C)OC(=O)NC(C)(Cc1ccc(I)cc1)C(=O)O. The van der Waals surface area contributed by atoms with Crippen molar-refractivity contribution in [3.63, 3.8) is 0 Å². The fourth-order valence-electron chi connectivity index (χ4n) is 1.71. The van der Waals surface area contributed by atoms with E-state index in [4.69, 9.17) is 4.74 Å². The van der Waals surface area contributed by atoms with Crippen molar-refractivity contribution in [2.24, 2.45) is 0 Å². The summed E-state index contributed by atoms with van der Waals surface area (Å²) >= 11 is 2.18.